The number of fused-ring (bicyclic) bond motifs is 1. The molecule has 0 saturated heterocycles. The molecule has 7 heteroatoms. The molecule has 33 heavy (non-hydrogen) atoms. The normalized spacial score (nSPS) is 12.0. The Balaban J connectivity index is 1.32. The van der Waals surface area contributed by atoms with E-state index in [4.69, 9.17) is 9.84 Å². The van der Waals surface area contributed by atoms with Crippen molar-refractivity contribution >= 4 is 22.5 Å². The second kappa shape index (κ2) is 11.4. The number of ether oxygens (including phenoxy) is 1. The van der Waals surface area contributed by atoms with Crippen LogP contribution >= 0.6 is 0 Å². The van der Waals surface area contributed by atoms with E-state index in [-0.39, 0.29) is 29.5 Å². The molecule has 0 fully saturated rings. The van der Waals surface area contributed by atoms with E-state index in [2.05, 4.69) is 0 Å². The van der Waals surface area contributed by atoms with E-state index in [1.807, 2.05) is 0 Å². The first-order chi connectivity index (χ1) is 15.8. The lowest BCUT2D eigenvalue weighted by Crippen LogP contribution is -2.18. The van der Waals surface area contributed by atoms with E-state index in [1.165, 1.54) is 24.3 Å². The molecule has 0 aliphatic heterocycles. The summed E-state index contributed by atoms with van der Waals surface area (Å²) in [6.45, 7) is 0.682. The number of benzene rings is 3. The van der Waals surface area contributed by atoms with Crippen molar-refractivity contribution in [3.63, 3.8) is 0 Å². The molecule has 0 radical (unpaired) electrons. The third-order valence-corrected chi connectivity index (χ3v) is 5.43. The minimum Gasteiger partial charge on any atom is -0.504 e. The van der Waals surface area contributed by atoms with Gasteiger partial charge in [-0.1, -0.05) is 30.7 Å². The van der Waals surface area contributed by atoms with Crippen LogP contribution in [0.2, 0.25) is 0 Å². The number of ketones is 1. The Morgan fingerprint density at radius 3 is 2.18 bits per heavy atom. The van der Waals surface area contributed by atoms with Crippen molar-refractivity contribution in [2.75, 3.05) is 13.2 Å². The van der Waals surface area contributed by atoms with Gasteiger partial charge in [0.1, 0.15) is 0 Å². The molecule has 0 spiro atoms. The predicted octanol–water partition coefficient (Wildman–Crippen LogP) is 4.31. The second-order valence-electron chi connectivity index (χ2n) is 8.07. The zero-order valence-electron chi connectivity index (χ0n) is 18.2. The van der Waals surface area contributed by atoms with Crippen LogP contribution in [-0.4, -0.2) is 51.5 Å². The van der Waals surface area contributed by atoms with Crippen molar-refractivity contribution in [1.29, 1.82) is 0 Å². The molecule has 0 bridgehead atoms. The number of hydrogen-bond donors (Lipinski definition) is 4. The van der Waals surface area contributed by atoms with E-state index in [9.17, 15) is 24.9 Å². The Morgan fingerprint density at radius 2 is 1.48 bits per heavy atom. The lowest BCUT2D eigenvalue weighted by Gasteiger charge is -2.11. The van der Waals surface area contributed by atoms with Crippen LogP contribution in [0.15, 0.2) is 54.6 Å². The molecule has 3 aromatic carbocycles. The number of aliphatic hydroxyl groups is 1. The van der Waals surface area contributed by atoms with Crippen molar-refractivity contribution in [3.05, 3.63) is 71.3 Å². The molecule has 0 aromatic heterocycles. The van der Waals surface area contributed by atoms with Gasteiger partial charge in [-0.05, 0) is 59.5 Å². The average molecular weight is 453 g/mol. The first-order valence-corrected chi connectivity index (χ1v) is 10.9. The molecule has 1 atom stereocenters. The van der Waals surface area contributed by atoms with Gasteiger partial charge in [-0.25, -0.2) is 4.79 Å². The fraction of sp³-hybridized carbons (Fsp3) is 0.308. The number of rotatable bonds is 12. The highest BCUT2D eigenvalue weighted by Gasteiger charge is 2.10. The van der Waals surface area contributed by atoms with Gasteiger partial charge < -0.3 is 25.2 Å². The largest absolute Gasteiger partial charge is 0.504 e. The molecule has 4 N–H and O–H groups in total. The minimum atomic E-state index is -0.981. The number of unbranched alkanes of at least 4 members (excludes halogenated alkanes) is 2. The first kappa shape index (κ1) is 24.2. The van der Waals surface area contributed by atoms with Crippen LogP contribution in [0, 0.1) is 0 Å². The number of aromatic carboxylic acids is 1. The smallest absolute Gasteiger partial charge is 0.335 e. The van der Waals surface area contributed by atoms with Gasteiger partial charge in [-0.15, -0.1) is 0 Å². The van der Waals surface area contributed by atoms with E-state index in [1.54, 1.807) is 30.3 Å². The summed E-state index contributed by atoms with van der Waals surface area (Å²) in [5.41, 5.74) is 1.63. The fourth-order valence-corrected chi connectivity index (χ4v) is 3.59. The van der Waals surface area contributed by atoms with Crippen molar-refractivity contribution < 1.29 is 34.8 Å². The summed E-state index contributed by atoms with van der Waals surface area (Å²) >= 11 is 0. The Hall–Kier alpha value is -3.42. The quantitative estimate of drug-likeness (QED) is 0.183. The van der Waals surface area contributed by atoms with Crippen LogP contribution in [0.3, 0.4) is 0 Å². The zero-order valence-corrected chi connectivity index (χ0v) is 18.2. The number of phenolic OH excluding ortho intramolecular Hbond substituents is 2. The Bertz CT molecular complexity index is 1110. The molecule has 3 rings (SSSR count). The Kier molecular flexibility index (Phi) is 8.40. The van der Waals surface area contributed by atoms with E-state index in [0.717, 1.165) is 30.2 Å². The van der Waals surface area contributed by atoms with Crippen LogP contribution in [0.5, 0.6) is 11.5 Å². The van der Waals surface area contributed by atoms with Crippen molar-refractivity contribution in [3.8, 4) is 11.5 Å². The summed E-state index contributed by atoms with van der Waals surface area (Å²) in [6, 6.07) is 14.5. The number of aliphatic hydroxyl groups excluding tert-OH is 1. The highest BCUT2D eigenvalue weighted by Crippen LogP contribution is 2.30. The van der Waals surface area contributed by atoms with Gasteiger partial charge in [0.25, 0.3) is 0 Å². The lowest BCUT2D eigenvalue weighted by molar-refractivity contribution is 0.0355. The fourth-order valence-electron chi connectivity index (χ4n) is 3.59. The van der Waals surface area contributed by atoms with Gasteiger partial charge in [-0.3, -0.25) is 4.79 Å². The molecule has 7 nitrogen and oxygen atoms in total. The highest BCUT2D eigenvalue weighted by atomic mass is 16.5. The van der Waals surface area contributed by atoms with Gasteiger partial charge in [0.05, 0.1) is 18.3 Å². The van der Waals surface area contributed by atoms with Crippen LogP contribution in [0.25, 0.3) is 10.8 Å². The summed E-state index contributed by atoms with van der Waals surface area (Å²) in [7, 11) is 0. The molecule has 0 aliphatic rings. The number of hydrogen-bond acceptors (Lipinski definition) is 6. The number of Topliss-reactive ketones (excluding diaryl/α,β-unsaturated/α-hetero) is 1. The van der Waals surface area contributed by atoms with Crippen molar-refractivity contribution in [1.82, 2.24) is 0 Å². The predicted molar refractivity (Wildman–Crippen MR) is 124 cm³/mol. The molecular weight excluding hydrogens is 424 g/mol. The number of aromatic hydroxyl groups is 2. The zero-order chi connectivity index (χ0) is 23.8. The van der Waals surface area contributed by atoms with Crippen molar-refractivity contribution in [2.24, 2.45) is 0 Å². The molecule has 1 unspecified atom stereocenters. The summed E-state index contributed by atoms with van der Waals surface area (Å²) < 4.78 is 5.52. The molecule has 174 valence electrons. The second-order valence-corrected chi connectivity index (χ2v) is 8.07. The van der Waals surface area contributed by atoms with Gasteiger partial charge in [0.15, 0.2) is 17.3 Å². The first-order valence-electron chi connectivity index (χ1n) is 10.9. The van der Waals surface area contributed by atoms with Gasteiger partial charge in [0, 0.05) is 25.0 Å². The summed E-state index contributed by atoms with van der Waals surface area (Å²) in [4.78, 5) is 23.3. The number of carboxylic acids is 1. The number of phenols is 2. The summed E-state index contributed by atoms with van der Waals surface area (Å²) in [5.74, 6) is -1.36. The van der Waals surface area contributed by atoms with Gasteiger partial charge in [-0.2, -0.15) is 0 Å². The number of carbonyl (C=O) groups excluding carboxylic acids is 1. The van der Waals surface area contributed by atoms with E-state index < -0.39 is 12.1 Å². The molecule has 3 aromatic rings. The summed E-state index contributed by atoms with van der Waals surface area (Å²) in [5, 5.41) is 39.6. The Labute approximate surface area is 191 Å². The third kappa shape index (κ3) is 7.03. The molecule has 0 heterocycles. The van der Waals surface area contributed by atoms with Gasteiger partial charge >= 0.3 is 5.97 Å². The molecule has 0 aliphatic carbocycles. The topological polar surface area (TPSA) is 124 Å². The standard InChI is InChI=1S/C26H28O7/c27-22(12-17-5-7-18(8-6-17)26(31)32)16-33-11-3-1-2-4-23(28)20-10-9-19-14-24(29)25(30)15-21(19)13-20/h5-10,13-15,22,27,29-30H,1-4,11-12,16H2,(H,31,32). The molecule has 0 amide bonds. The maximum Gasteiger partial charge on any atom is 0.335 e. The third-order valence-electron chi connectivity index (χ3n) is 5.43. The van der Waals surface area contributed by atoms with Crippen LogP contribution in [-0.2, 0) is 11.2 Å². The maximum atomic E-state index is 12.4. The van der Waals surface area contributed by atoms with E-state index >= 15 is 0 Å². The van der Waals surface area contributed by atoms with Gasteiger partial charge in [0.2, 0.25) is 0 Å². The Morgan fingerprint density at radius 1 is 0.818 bits per heavy atom. The van der Waals surface area contributed by atoms with Crippen LogP contribution < -0.4 is 0 Å². The SMILES string of the molecule is O=C(O)c1ccc(CC(O)COCCCCCC(=O)c2ccc3cc(O)c(O)cc3c2)cc1. The summed E-state index contributed by atoms with van der Waals surface area (Å²) in [6.07, 6.45) is 2.44. The van der Waals surface area contributed by atoms with Crippen LogP contribution in [0.4, 0.5) is 0 Å². The monoisotopic (exact) mass is 452 g/mol. The highest BCUT2D eigenvalue weighted by molar-refractivity contribution is 6.00. The number of carbonyl (C=O) groups is 2. The maximum absolute atomic E-state index is 12.4. The van der Waals surface area contributed by atoms with Crippen LogP contribution in [0.1, 0.15) is 52.0 Å². The minimum absolute atomic E-state index is 0.0229. The van der Waals surface area contributed by atoms with Crippen molar-refractivity contribution in [2.45, 2.75) is 38.2 Å². The molecule has 0 saturated carbocycles. The lowest BCUT2D eigenvalue weighted by atomic mass is 10.0. The average Bonchev–Trinajstić information content (AvgIpc) is 2.79. The number of carboxylic acid groups (broad SMARTS) is 1. The molecular formula is C26H28O7. The van der Waals surface area contributed by atoms with E-state index in [0.29, 0.717) is 30.4 Å².